The number of carbonyl (C=O) groups excluding carboxylic acids is 3. The van der Waals surface area contributed by atoms with Crippen LogP contribution < -0.4 is 16.2 Å². The van der Waals surface area contributed by atoms with Crippen LogP contribution in [0.3, 0.4) is 0 Å². The van der Waals surface area contributed by atoms with Gasteiger partial charge in [-0.05, 0) is 12.5 Å². The van der Waals surface area contributed by atoms with Gasteiger partial charge in [-0.15, -0.1) is 11.6 Å². The van der Waals surface area contributed by atoms with Crippen LogP contribution in [0.15, 0.2) is 30.3 Å². The lowest BCUT2D eigenvalue weighted by molar-refractivity contribution is -0.144. The Kier molecular flexibility index (Phi) is 8.71. The predicted octanol–water partition coefficient (Wildman–Crippen LogP) is 0.484. The normalized spacial score (nSPS) is 11.4. The van der Waals surface area contributed by atoms with E-state index in [0.717, 1.165) is 5.56 Å². The lowest BCUT2D eigenvalue weighted by Gasteiger charge is -2.09. The molecule has 7 nitrogen and oxygen atoms in total. The maximum absolute atomic E-state index is 11.5. The van der Waals surface area contributed by atoms with Gasteiger partial charge < -0.3 is 10.1 Å². The van der Waals surface area contributed by atoms with E-state index < -0.39 is 17.3 Å². The van der Waals surface area contributed by atoms with Crippen LogP contribution >= 0.6 is 11.6 Å². The number of hydrogen-bond donors (Lipinski definition) is 3. The molecule has 0 bridgehead atoms. The Labute approximate surface area is 139 Å². The van der Waals surface area contributed by atoms with Gasteiger partial charge in [0.25, 0.3) is 5.91 Å². The summed E-state index contributed by atoms with van der Waals surface area (Å²) in [6.07, 6.45) is 0.100. The summed E-state index contributed by atoms with van der Waals surface area (Å²) in [5, 5.41) is 2.06. The molecule has 23 heavy (non-hydrogen) atoms. The Morgan fingerprint density at radius 3 is 2.52 bits per heavy atom. The molecule has 1 atom stereocenters. The molecule has 0 aliphatic carbocycles. The summed E-state index contributed by atoms with van der Waals surface area (Å²) in [6.45, 7) is 1.99. The van der Waals surface area contributed by atoms with E-state index in [-0.39, 0.29) is 32.0 Å². The number of amides is 2. The quantitative estimate of drug-likeness (QED) is 0.277. The molecule has 0 aromatic heterocycles. The number of carbonyl (C=O) groups is 3. The standard InChI is InChI=1S/C15H20ClN3O4/c1-11(16)15(22)19-18-13(20)7-8-17-9-14(21)23-10-12-5-3-2-4-6-12/h2-6,11,17H,7-10H2,1H3,(H,18,20)(H,19,22). The Morgan fingerprint density at radius 1 is 1.17 bits per heavy atom. The van der Waals surface area contributed by atoms with Crippen molar-refractivity contribution in [3.8, 4) is 0 Å². The van der Waals surface area contributed by atoms with Crippen LogP contribution in [0.25, 0.3) is 0 Å². The highest BCUT2D eigenvalue weighted by Crippen LogP contribution is 2.00. The van der Waals surface area contributed by atoms with Gasteiger partial charge in [0.05, 0.1) is 6.54 Å². The van der Waals surface area contributed by atoms with Gasteiger partial charge in [-0.3, -0.25) is 25.2 Å². The summed E-state index contributed by atoms with van der Waals surface area (Å²) < 4.78 is 5.07. The van der Waals surface area contributed by atoms with Crippen molar-refractivity contribution in [2.24, 2.45) is 0 Å². The van der Waals surface area contributed by atoms with Crippen molar-refractivity contribution >= 4 is 29.4 Å². The molecule has 1 aromatic rings. The number of rotatable bonds is 8. The predicted molar refractivity (Wildman–Crippen MR) is 85.3 cm³/mol. The fraction of sp³-hybridized carbons (Fsp3) is 0.400. The number of hydrogen-bond acceptors (Lipinski definition) is 5. The monoisotopic (exact) mass is 341 g/mol. The van der Waals surface area contributed by atoms with Crippen molar-refractivity contribution < 1.29 is 19.1 Å². The van der Waals surface area contributed by atoms with Crippen molar-refractivity contribution in [3.05, 3.63) is 35.9 Å². The second kappa shape index (κ2) is 10.6. The van der Waals surface area contributed by atoms with Gasteiger partial charge in [-0.1, -0.05) is 30.3 Å². The number of alkyl halides is 1. The van der Waals surface area contributed by atoms with E-state index >= 15 is 0 Å². The fourth-order valence-corrected chi connectivity index (χ4v) is 1.53. The smallest absolute Gasteiger partial charge is 0.320 e. The van der Waals surface area contributed by atoms with Crippen molar-refractivity contribution in [2.75, 3.05) is 13.1 Å². The molecule has 0 heterocycles. The number of halogens is 1. The highest BCUT2D eigenvalue weighted by molar-refractivity contribution is 6.30. The van der Waals surface area contributed by atoms with Crippen molar-refractivity contribution in [1.82, 2.24) is 16.2 Å². The van der Waals surface area contributed by atoms with Crippen LogP contribution in [0, 0.1) is 0 Å². The number of nitrogens with one attached hydrogen (secondary N) is 3. The largest absolute Gasteiger partial charge is 0.460 e. The molecular weight excluding hydrogens is 322 g/mol. The first-order valence-electron chi connectivity index (χ1n) is 7.12. The van der Waals surface area contributed by atoms with E-state index in [1.807, 2.05) is 30.3 Å². The van der Waals surface area contributed by atoms with E-state index in [1.54, 1.807) is 0 Å². The second-order valence-electron chi connectivity index (χ2n) is 4.73. The molecule has 0 radical (unpaired) electrons. The number of esters is 1. The van der Waals surface area contributed by atoms with Crippen molar-refractivity contribution in [1.29, 1.82) is 0 Å². The van der Waals surface area contributed by atoms with Crippen molar-refractivity contribution in [3.63, 3.8) is 0 Å². The molecule has 0 saturated carbocycles. The van der Waals surface area contributed by atoms with Crippen LogP contribution in [0.1, 0.15) is 18.9 Å². The number of hydrazine groups is 1. The molecule has 3 N–H and O–H groups in total. The average molecular weight is 342 g/mol. The highest BCUT2D eigenvalue weighted by Gasteiger charge is 2.10. The van der Waals surface area contributed by atoms with Gasteiger partial charge in [-0.25, -0.2) is 0 Å². The topological polar surface area (TPSA) is 96.5 Å². The first-order chi connectivity index (χ1) is 11.0. The van der Waals surface area contributed by atoms with E-state index in [2.05, 4.69) is 16.2 Å². The van der Waals surface area contributed by atoms with Gasteiger partial charge in [0, 0.05) is 13.0 Å². The summed E-state index contributed by atoms with van der Waals surface area (Å²) in [4.78, 5) is 34.0. The zero-order chi connectivity index (χ0) is 17.1. The molecular formula is C15H20ClN3O4. The fourth-order valence-electron chi connectivity index (χ4n) is 1.47. The maximum Gasteiger partial charge on any atom is 0.320 e. The first-order valence-corrected chi connectivity index (χ1v) is 7.55. The zero-order valence-electron chi connectivity index (χ0n) is 12.8. The second-order valence-corrected chi connectivity index (χ2v) is 5.38. The Morgan fingerprint density at radius 2 is 1.87 bits per heavy atom. The Bertz CT molecular complexity index is 523. The van der Waals surface area contributed by atoms with Crippen LogP contribution in [-0.2, 0) is 25.7 Å². The van der Waals surface area contributed by atoms with Gasteiger partial charge in [-0.2, -0.15) is 0 Å². The molecule has 0 spiro atoms. The summed E-state index contributed by atoms with van der Waals surface area (Å²) in [5.41, 5.74) is 5.31. The Balaban J connectivity index is 2.06. The molecule has 0 saturated heterocycles. The van der Waals surface area contributed by atoms with E-state index in [4.69, 9.17) is 16.3 Å². The minimum atomic E-state index is -0.729. The molecule has 126 valence electrons. The molecule has 0 aliphatic heterocycles. The lowest BCUT2D eigenvalue weighted by Crippen LogP contribution is -2.45. The maximum atomic E-state index is 11.5. The van der Waals surface area contributed by atoms with Gasteiger partial charge in [0.1, 0.15) is 12.0 Å². The van der Waals surface area contributed by atoms with Gasteiger partial charge in [0.2, 0.25) is 5.91 Å². The SMILES string of the molecule is CC(Cl)C(=O)NNC(=O)CCNCC(=O)OCc1ccccc1. The van der Waals surface area contributed by atoms with Crippen LogP contribution in [0.5, 0.6) is 0 Å². The Hall–Kier alpha value is -2.12. The van der Waals surface area contributed by atoms with Crippen molar-refractivity contribution in [2.45, 2.75) is 25.3 Å². The summed E-state index contributed by atoms with van der Waals surface area (Å²) in [5.74, 6) is -1.28. The summed E-state index contributed by atoms with van der Waals surface area (Å²) in [7, 11) is 0. The molecule has 1 aromatic carbocycles. The van der Waals surface area contributed by atoms with E-state index in [0.29, 0.717) is 0 Å². The summed E-state index contributed by atoms with van der Waals surface area (Å²) >= 11 is 5.52. The molecule has 8 heteroatoms. The van der Waals surface area contributed by atoms with Crippen LogP contribution in [0.2, 0.25) is 0 Å². The molecule has 1 rings (SSSR count). The number of ether oxygens (including phenoxy) is 1. The third kappa shape index (κ3) is 8.80. The van der Waals surface area contributed by atoms with Crippen LogP contribution in [-0.4, -0.2) is 36.3 Å². The minimum absolute atomic E-state index is 0.00515. The third-order valence-corrected chi connectivity index (χ3v) is 2.93. The lowest BCUT2D eigenvalue weighted by atomic mass is 10.2. The first kappa shape index (κ1) is 18.9. The summed E-state index contributed by atoms with van der Waals surface area (Å²) in [6, 6.07) is 9.34. The van der Waals surface area contributed by atoms with E-state index in [9.17, 15) is 14.4 Å². The van der Waals surface area contributed by atoms with Gasteiger partial charge in [0.15, 0.2) is 0 Å². The molecule has 2 amide bonds. The molecule has 1 unspecified atom stereocenters. The highest BCUT2D eigenvalue weighted by atomic mass is 35.5. The van der Waals surface area contributed by atoms with Crippen LogP contribution in [0.4, 0.5) is 0 Å². The zero-order valence-corrected chi connectivity index (χ0v) is 13.6. The minimum Gasteiger partial charge on any atom is -0.460 e. The third-order valence-electron chi connectivity index (χ3n) is 2.73. The number of benzene rings is 1. The van der Waals surface area contributed by atoms with E-state index in [1.165, 1.54) is 6.92 Å². The average Bonchev–Trinajstić information content (AvgIpc) is 2.55. The molecule has 0 fully saturated rings. The van der Waals surface area contributed by atoms with Gasteiger partial charge >= 0.3 is 5.97 Å². The molecule has 0 aliphatic rings.